The lowest BCUT2D eigenvalue weighted by Gasteiger charge is -2.23. The summed E-state index contributed by atoms with van der Waals surface area (Å²) in [6.45, 7) is 3.93. The minimum Gasteiger partial charge on any atom is -0.311 e. The summed E-state index contributed by atoms with van der Waals surface area (Å²) in [5.74, 6) is 0.384. The number of aromatic nitrogens is 2. The summed E-state index contributed by atoms with van der Waals surface area (Å²) in [6.07, 6.45) is 0.311. The van der Waals surface area contributed by atoms with Gasteiger partial charge in [-0.05, 0) is 41.9 Å². The Hall–Kier alpha value is -1.34. The molecule has 106 valence electrons. The van der Waals surface area contributed by atoms with Crippen molar-refractivity contribution in [3.8, 4) is 0 Å². The van der Waals surface area contributed by atoms with Gasteiger partial charge in [0.1, 0.15) is 5.82 Å². The number of aromatic amines is 1. The quantitative estimate of drug-likeness (QED) is 0.869. The van der Waals surface area contributed by atoms with Gasteiger partial charge in [-0.1, -0.05) is 0 Å². The minimum atomic E-state index is -0.168. The molecule has 0 bridgehead atoms. The van der Waals surface area contributed by atoms with E-state index in [0.29, 0.717) is 17.8 Å². The summed E-state index contributed by atoms with van der Waals surface area (Å²) < 4.78 is 2.73. The maximum Gasteiger partial charge on any atom is 0.270 e. The van der Waals surface area contributed by atoms with Crippen LogP contribution >= 0.6 is 27.3 Å². The molecule has 0 saturated carbocycles. The van der Waals surface area contributed by atoms with E-state index >= 15 is 0 Å². The lowest BCUT2D eigenvalue weighted by atomic mass is 9.92. The second-order valence-electron chi connectivity index (χ2n) is 5.11. The van der Waals surface area contributed by atoms with Crippen molar-refractivity contribution in [1.29, 1.82) is 0 Å². The van der Waals surface area contributed by atoms with Crippen LogP contribution in [0.25, 0.3) is 0 Å². The van der Waals surface area contributed by atoms with Gasteiger partial charge in [-0.2, -0.15) is 0 Å². The highest BCUT2D eigenvalue weighted by atomic mass is 79.9. The van der Waals surface area contributed by atoms with Crippen molar-refractivity contribution in [2.24, 2.45) is 0 Å². The normalized spacial score (nSPS) is 18.2. The van der Waals surface area contributed by atoms with Crippen LogP contribution in [-0.4, -0.2) is 15.7 Å². The lowest BCUT2D eigenvalue weighted by molar-refractivity contribution is -0.116. The van der Waals surface area contributed by atoms with Gasteiger partial charge in [0.2, 0.25) is 5.91 Å². The van der Waals surface area contributed by atoms with Crippen molar-refractivity contribution >= 4 is 39.0 Å². The fourth-order valence-corrected chi connectivity index (χ4v) is 4.06. The molecule has 5 nitrogen and oxygen atoms in total. The first-order valence-electron chi connectivity index (χ1n) is 6.37. The number of rotatable bonds is 2. The van der Waals surface area contributed by atoms with Crippen LogP contribution in [0.5, 0.6) is 0 Å². The zero-order valence-electron chi connectivity index (χ0n) is 11.1. The molecule has 0 aliphatic carbocycles. The largest absolute Gasteiger partial charge is 0.311 e. The SMILES string of the molecule is CC(C)n1[nH]c(=O)c2c1NC(=O)C[C@@H]2c1ccc(Br)s1. The van der Waals surface area contributed by atoms with E-state index in [0.717, 1.165) is 8.66 Å². The third kappa shape index (κ3) is 2.14. The van der Waals surface area contributed by atoms with Gasteiger partial charge < -0.3 is 5.32 Å². The molecular formula is C13H14BrN3O2S. The van der Waals surface area contributed by atoms with Crippen molar-refractivity contribution in [2.45, 2.75) is 32.2 Å². The van der Waals surface area contributed by atoms with E-state index in [4.69, 9.17) is 0 Å². The Bertz CT molecular complexity index is 728. The molecule has 3 rings (SSSR count). The van der Waals surface area contributed by atoms with Crippen molar-refractivity contribution in [2.75, 3.05) is 5.32 Å². The molecule has 1 aliphatic rings. The first-order chi connectivity index (χ1) is 9.47. The minimum absolute atomic E-state index is 0.0552. The molecule has 1 amide bonds. The molecule has 20 heavy (non-hydrogen) atoms. The van der Waals surface area contributed by atoms with E-state index in [1.807, 2.05) is 26.0 Å². The molecule has 0 radical (unpaired) electrons. The number of nitrogens with one attached hydrogen (secondary N) is 2. The molecular weight excluding hydrogens is 342 g/mol. The highest BCUT2D eigenvalue weighted by molar-refractivity contribution is 9.11. The summed E-state index contributed by atoms with van der Waals surface area (Å²) in [4.78, 5) is 25.2. The molecule has 7 heteroatoms. The zero-order valence-corrected chi connectivity index (χ0v) is 13.5. The Kier molecular flexibility index (Phi) is 3.33. The van der Waals surface area contributed by atoms with E-state index in [2.05, 4.69) is 26.3 Å². The molecule has 3 heterocycles. The maximum absolute atomic E-state index is 12.3. The van der Waals surface area contributed by atoms with E-state index in [9.17, 15) is 9.59 Å². The van der Waals surface area contributed by atoms with Gasteiger partial charge in [-0.25, -0.2) is 0 Å². The van der Waals surface area contributed by atoms with Crippen molar-refractivity contribution in [3.63, 3.8) is 0 Å². The molecule has 0 unspecified atom stereocenters. The number of hydrogen-bond donors (Lipinski definition) is 2. The third-order valence-corrected chi connectivity index (χ3v) is 5.15. The van der Waals surface area contributed by atoms with Gasteiger partial charge in [-0.3, -0.25) is 19.4 Å². The first-order valence-corrected chi connectivity index (χ1v) is 7.97. The Balaban J connectivity index is 2.18. The van der Waals surface area contributed by atoms with Gasteiger partial charge in [-0.15, -0.1) is 11.3 Å². The van der Waals surface area contributed by atoms with Crippen LogP contribution in [0.3, 0.4) is 0 Å². The highest BCUT2D eigenvalue weighted by Gasteiger charge is 2.33. The van der Waals surface area contributed by atoms with E-state index < -0.39 is 0 Å². The fraction of sp³-hybridized carbons (Fsp3) is 0.385. The van der Waals surface area contributed by atoms with Gasteiger partial charge in [0.15, 0.2) is 0 Å². The number of hydrogen-bond acceptors (Lipinski definition) is 3. The van der Waals surface area contributed by atoms with Crippen LogP contribution in [0.4, 0.5) is 5.82 Å². The number of H-pyrrole nitrogens is 1. The molecule has 2 aromatic rings. The van der Waals surface area contributed by atoms with Crippen LogP contribution in [-0.2, 0) is 4.79 Å². The van der Waals surface area contributed by atoms with Crippen LogP contribution in [0.15, 0.2) is 20.7 Å². The Morgan fingerprint density at radius 1 is 1.40 bits per heavy atom. The highest BCUT2D eigenvalue weighted by Crippen LogP contribution is 2.39. The standard InChI is InChI=1S/C13H14BrN3O2S/c1-6(2)17-12-11(13(19)16-17)7(5-10(18)15-12)8-3-4-9(14)20-8/h3-4,6-7H,5H2,1-2H3,(H,15,18)(H,16,19)/t7-/m1/s1. The number of anilines is 1. The molecule has 0 fully saturated rings. The average Bonchev–Trinajstić information content (AvgIpc) is 2.93. The smallest absolute Gasteiger partial charge is 0.270 e. The maximum atomic E-state index is 12.3. The number of fused-ring (bicyclic) bond motifs is 1. The lowest BCUT2D eigenvalue weighted by Crippen LogP contribution is -2.26. The second-order valence-corrected chi connectivity index (χ2v) is 7.61. The first kappa shape index (κ1) is 13.6. The van der Waals surface area contributed by atoms with Gasteiger partial charge in [0.25, 0.3) is 5.56 Å². The van der Waals surface area contributed by atoms with Crippen LogP contribution in [0.1, 0.15) is 42.7 Å². The molecule has 0 spiro atoms. The predicted molar refractivity (Wildman–Crippen MR) is 82.5 cm³/mol. The van der Waals surface area contributed by atoms with Gasteiger partial charge in [0, 0.05) is 23.3 Å². The molecule has 1 atom stereocenters. The van der Waals surface area contributed by atoms with E-state index in [-0.39, 0.29) is 23.4 Å². The average molecular weight is 356 g/mol. The number of amides is 1. The predicted octanol–water partition coefficient (Wildman–Crippen LogP) is 3.06. The van der Waals surface area contributed by atoms with Crippen molar-refractivity contribution in [3.05, 3.63) is 36.7 Å². The summed E-state index contributed by atoms with van der Waals surface area (Å²) in [5.41, 5.74) is 0.538. The van der Waals surface area contributed by atoms with Crippen molar-refractivity contribution < 1.29 is 4.79 Å². The molecule has 0 saturated heterocycles. The monoisotopic (exact) mass is 355 g/mol. The van der Waals surface area contributed by atoms with Crippen molar-refractivity contribution in [1.82, 2.24) is 9.78 Å². The summed E-state index contributed by atoms with van der Waals surface area (Å²) in [7, 11) is 0. The van der Waals surface area contributed by atoms with Crippen LogP contribution in [0, 0.1) is 0 Å². The third-order valence-electron chi connectivity index (χ3n) is 3.41. The number of carbonyl (C=O) groups is 1. The van der Waals surface area contributed by atoms with Crippen LogP contribution < -0.4 is 10.9 Å². The molecule has 2 N–H and O–H groups in total. The Labute approximate surface area is 128 Å². The van der Waals surface area contributed by atoms with E-state index in [1.165, 1.54) is 0 Å². The molecule has 2 aromatic heterocycles. The Morgan fingerprint density at radius 3 is 2.75 bits per heavy atom. The number of thiophene rings is 1. The number of nitrogens with zero attached hydrogens (tertiary/aromatic N) is 1. The summed E-state index contributed by atoms with van der Waals surface area (Å²) >= 11 is 4.99. The topological polar surface area (TPSA) is 66.9 Å². The van der Waals surface area contributed by atoms with Gasteiger partial charge in [0.05, 0.1) is 9.35 Å². The Morgan fingerprint density at radius 2 is 2.15 bits per heavy atom. The molecule has 1 aliphatic heterocycles. The molecule has 0 aromatic carbocycles. The van der Waals surface area contributed by atoms with Crippen LogP contribution in [0.2, 0.25) is 0 Å². The number of halogens is 1. The summed E-state index contributed by atoms with van der Waals surface area (Å²) in [6, 6.07) is 3.99. The zero-order chi connectivity index (χ0) is 14.4. The number of carbonyl (C=O) groups excluding carboxylic acids is 1. The summed E-state index contributed by atoms with van der Waals surface area (Å²) in [5, 5.41) is 5.64. The fourth-order valence-electron chi connectivity index (χ4n) is 2.53. The van der Waals surface area contributed by atoms with E-state index in [1.54, 1.807) is 16.0 Å². The second kappa shape index (κ2) is 4.89. The van der Waals surface area contributed by atoms with Gasteiger partial charge >= 0.3 is 0 Å².